The molecule has 1 aromatic carbocycles. The van der Waals surface area contributed by atoms with Crippen LogP contribution in [0.3, 0.4) is 0 Å². The topological polar surface area (TPSA) is 35.2 Å². The third-order valence-corrected chi connectivity index (χ3v) is 3.28. The molecule has 1 atom stereocenters. The summed E-state index contributed by atoms with van der Waals surface area (Å²) < 4.78 is 5.58. The van der Waals surface area contributed by atoms with E-state index in [1.807, 2.05) is 42.1 Å². The van der Waals surface area contributed by atoms with E-state index in [-0.39, 0.29) is 0 Å². The van der Waals surface area contributed by atoms with Gasteiger partial charge in [-0.15, -0.1) is 0 Å². The molecule has 0 aliphatic carbocycles. The summed E-state index contributed by atoms with van der Waals surface area (Å²) in [7, 11) is 0. The quantitative estimate of drug-likeness (QED) is 0.724. The van der Waals surface area contributed by atoms with Crippen LogP contribution in [0.25, 0.3) is 0 Å². The van der Waals surface area contributed by atoms with E-state index >= 15 is 0 Å². The summed E-state index contributed by atoms with van der Waals surface area (Å²) in [5.41, 5.74) is 5.48. The van der Waals surface area contributed by atoms with Crippen LogP contribution >= 0.6 is 11.8 Å². The van der Waals surface area contributed by atoms with Crippen molar-refractivity contribution in [3.8, 4) is 5.75 Å². The molecule has 0 aliphatic rings. The van der Waals surface area contributed by atoms with E-state index in [0.29, 0.717) is 5.25 Å². The van der Waals surface area contributed by atoms with Crippen LogP contribution in [0.15, 0.2) is 30.3 Å². The fraction of sp³-hybridized carbons (Fsp3) is 0.500. The Morgan fingerprint density at radius 3 is 2.73 bits per heavy atom. The number of para-hydroxylation sites is 1. The Labute approximate surface area is 96.2 Å². The lowest BCUT2D eigenvalue weighted by Crippen LogP contribution is -2.09. The lowest BCUT2D eigenvalue weighted by atomic mass is 10.3. The summed E-state index contributed by atoms with van der Waals surface area (Å²) in [6.45, 7) is 3.75. The average Bonchev–Trinajstić information content (AvgIpc) is 2.26. The molecule has 0 aromatic heterocycles. The summed E-state index contributed by atoms with van der Waals surface area (Å²) in [4.78, 5) is 0. The van der Waals surface area contributed by atoms with E-state index in [9.17, 15) is 0 Å². The second-order valence-electron chi connectivity index (χ2n) is 3.42. The van der Waals surface area contributed by atoms with Crippen LogP contribution in [0.1, 0.15) is 13.3 Å². The molecule has 0 saturated carbocycles. The molecule has 0 bridgehead atoms. The molecule has 0 amide bonds. The maximum Gasteiger partial charge on any atom is 0.119 e. The zero-order chi connectivity index (χ0) is 10.9. The summed E-state index contributed by atoms with van der Waals surface area (Å²) in [6.07, 6.45) is 1.08. The van der Waals surface area contributed by atoms with Crippen LogP contribution in [0.2, 0.25) is 0 Å². The van der Waals surface area contributed by atoms with E-state index < -0.39 is 0 Å². The minimum Gasteiger partial charge on any atom is -0.493 e. The highest BCUT2D eigenvalue weighted by Crippen LogP contribution is 2.14. The zero-order valence-corrected chi connectivity index (χ0v) is 10.0. The number of hydrogen-bond acceptors (Lipinski definition) is 3. The third-order valence-electron chi connectivity index (χ3n) is 2.07. The lowest BCUT2D eigenvalue weighted by molar-refractivity contribution is 0.344. The van der Waals surface area contributed by atoms with Gasteiger partial charge in [0.15, 0.2) is 0 Å². The number of ether oxygens (including phenoxy) is 1. The monoisotopic (exact) mass is 225 g/mol. The molecule has 0 fully saturated rings. The van der Waals surface area contributed by atoms with Crippen LogP contribution in [-0.4, -0.2) is 24.2 Å². The molecule has 3 heteroatoms. The predicted octanol–water partition coefficient (Wildman–Crippen LogP) is 2.54. The molecule has 0 spiro atoms. The van der Waals surface area contributed by atoms with Crippen molar-refractivity contribution < 1.29 is 4.74 Å². The van der Waals surface area contributed by atoms with Crippen LogP contribution in [-0.2, 0) is 0 Å². The highest BCUT2D eigenvalue weighted by atomic mass is 32.2. The highest BCUT2D eigenvalue weighted by molar-refractivity contribution is 7.99. The van der Waals surface area contributed by atoms with Crippen molar-refractivity contribution in [3.05, 3.63) is 30.3 Å². The molecule has 0 heterocycles. The Bertz CT molecular complexity index is 253. The van der Waals surface area contributed by atoms with E-state index in [2.05, 4.69) is 6.92 Å². The summed E-state index contributed by atoms with van der Waals surface area (Å²) >= 11 is 1.92. The maximum atomic E-state index is 5.58. The molecule has 0 radical (unpaired) electrons. The van der Waals surface area contributed by atoms with Crippen LogP contribution in [0.4, 0.5) is 0 Å². The molecular formula is C12H19NOS. The van der Waals surface area contributed by atoms with Gasteiger partial charge in [0, 0.05) is 11.0 Å². The first kappa shape index (κ1) is 12.4. The first-order valence-corrected chi connectivity index (χ1v) is 6.37. The van der Waals surface area contributed by atoms with Crippen molar-refractivity contribution in [2.24, 2.45) is 5.73 Å². The van der Waals surface area contributed by atoms with Gasteiger partial charge in [-0.2, -0.15) is 11.8 Å². The minimum atomic E-state index is 0.634. The maximum absolute atomic E-state index is 5.58. The molecule has 1 unspecified atom stereocenters. The van der Waals surface area contributed by atoms with Crippen molar-refractivity contribution in [1.29, 1.82) is 0 Å². The predicted molar refractivity (Wildman–Crippen MR) is 67.5 cm³/mol. The molecule has 84 valence electrons. The molecule has 1 aromatic rings. The van der Waals surface area contributed by atoms with Crippen molar-refractivity contribution in [2.75, 3.05) is 18.9 Å². The average molecular weight is 225 g/mol. The Hall–Kier alpha value is -0.670. The van der Waals surface area contributed by atoms with Crippen molar-refractivity contribution >= 4 is 11.8 Å². The summed E-state index contributed by atoms with van der Waals surface area (Å²) in [5, 5.41) is 0.634. The van der Waals surface area contributed by atoms with Crippen molar-refractivity contribution in [1.82, 2.24) is 0 Å². The van der Waals surface area contributed by atoms with Crippen molar-refractivity contribution in [3.63, 3.8) is 0 Å². The summed E-state index contributed by atoms with van der Waals surface area (Å²) in [6, 6.07) is 9.92. The van der Waals surface area contributed by atoms with E-state index in [4.69, 9.17) is 10.5 Å². The normalized spacial score (nSPS) is 12.4. The summed E-state index contributed by atoms with van der Waals surface area (Å²) in [5.74, 6) is 1.97. The molecule has 2 nitrogen and oxygen atoms in total. The largest absolute Gasteiger partial charge is 0.493 e. The Balaban J connectivity index is 2.07. The first-order valence-electron chi connectivity index (χ1n) is 5.32. The second-order valence-corrected chi connectivity index (χ2v) is 4.97. The molecule has 15 heavy (non-hydrogen) atoms. The molecule has 0 aliphatic heterocycles. The number of thioether (sulfide) groups is 1. The van der Waals surface area contributed by atoms with Crippen LogP contribution in [0, 0.1) is 0 Å². The molecular weight excluding hydrogens is 206 g/mol. The SMILES string of the molecule is CC(CCN)SCCOc1ccccc1. The zero-order valence-electron chi connectivity index (χ0n) is 9.19. The van der Waals surface area contributed by atoms with Crippen LogP contribution < -0.4 is 10.5 Å². The van der Waals surface area contributed by atoms with E-state index in [1.54, 1.807) is 0 Å². The highest BCUT2D eigenvalue weighted by Gasteiger charge is 2.00. The Morgan fingerprint density at radius 1 is 1.33 bits per heavy atom. The Morgan fingerprint density at radius 2 is 2.07 bits per heavy atom. The van der Waals surface area contributed by atoms with Gasteiger partial charge in [-0.1, -0.05) is 25.1 Å². The fourth-order valence-electron chi connectivity index (χ4n) is 1.24. The van der Waals surface area contributed by atoms with Crippen molar-refractivity contribution in [2.45, 2.75) is 18.6 Å². The first-order chi connectivity index (χ1) is 7.33. The third kappa shape index (κ3) is 5.70. The van der Waals surface area contributed by atoms with E-state index in [0.717, 1.165) is 31.1 Å². The van der Waals surface area contributed by atoms with Gasteiger partial charge < -0.3 is 10.5 Å². The van der Waals surface area contributed by atoms with E-state index in [1.165, 1.54) is 0 Å². The molecule has 0 saturated heterocycles. The molecule has 1 rings (SSSR count). The molecule has 2 N–H and O–H groups in total. The number of nitrogens with two attached hydrogens (primary N) is 1. The fourth-order valence-corrected chi connectivity index (χ4v) is 2.13. The number of hydrogen-bond donors (Lipinski definition) is 1. The van der Waals surface area contributed by atoms with Gasteiger partial charge >= 0.3 is 0 Å². The number of rotatable bonds is 7. The lowest BCUT2D eigenvalue weighted by Gasteiger charge is -2.10. The van der Waals surface area contributed by atoms with Gasteiger partial charge in [0.2, 0.25) is 0 Å². The minimum absolute atomic E-state index is 0.634. The van der Waals surface area contributed by atoms with Gasteiger partial charge in [0.05, 0.1) is 6.61 Å². The standard InChI is InChI=1S/C12H19NOS/c1-11(7-8-13)15-10-9-14-12-5-3-2-4-6-12/h2-6,11H,7-10,13H2,1H3. The van der Waals surface area contributed by atoms with Gasteiger partial charge in [0.1, 0.15) is 5.75 Å². The smallest absolute Gasteiger partial charge is 0.119 e. The number of benzene rings is 1. The second kappa shape index (κ2) is 7.60. The van der Waals surface area contributed by atoms with Gasteiger partial charge in [-0.3, -0.25) is 0 Å². The van der Waals surface area contributed by atoms with Gasteiger partial charge in [-0.05, 0) is 25.1 Å². The van der Waals surface area contributed by atoms with Gasteiger partial charge in [0.25, 0.3) is 0 Å². The van der Waals surface area contributed by atoms with Crippen LogP contribution in [0.5, 0.6) is 5.75 Å². The Kier molecular flexibility index (Phi) is 6.28. The van der Waals surface area contributed by atoms with Gasteiger partial charge in [-0.25, -0.2) is 0 Å².